The van der Waals surface area contributed by atoms with E-state index in [-0.39, 0.29) is 16.1 Å². The van der Waals surface area contributed by atoms with Crippen molar-refractivity contribution in [3.05, 3.63) is 28.5 Å². The maximum absolute atomic E-state index is 14.1. The van der Waals surface area contributed by atoms with E-state index in [0.717, 1.165) is 6.07 Å². The van der Waals surface area contributed by atoms with Crippen LogP contribution in [0, 0.1) is 11.2 Å². The van der Waals surface area contributed by atoms with Crippen LogP contribution in [-0.4, -0.2) is 23.7 Å². The minimum atomic E-state index is -1.17. The van der Waals surface area contributed by atoms with E-state index >= 15 is 0 Å². The Morgan fingerprint density at radius 1 is 1.33 bits per heavy atom. The van der Waals surface area contributed by atoms with Gasteiger partial charge >= 0.3 is 12.0 Å². The van der Waals surface area contributed by atoms with Gasteiger partial charge in [-0.05, 0) is 24.0 Å². The zero-order valence-electron chi connectivity index (χ0n) is 12.1. The summed E-state index contributed by atoms with van der Waals surface area (Å²) in [6.45, 7) is 5.38. The third kappa shape index (κ3) is 5.99. The summed E-state index contributed by atoms with van der Waals surface area (Å²) in [5.74, 6) is -1.68. The van der Waals surface area contributed by atoms with Crippen LogP contribution in [0.2, 0.25) is 5.02 Å². The first-order valence-corrected chi connectivity index (χ1v) is 6.71. The molecule has 2 amide bonds. The second-order valence-corrected chi connectivity index (χ2v) is 6.26. The van der Waals surface area contributed by atoms with Crippen molar-refractivity contribution >= 4 is 29.3 Å². The number of hydrogen-bond donors (Lipinski definition) is 3. The Kier molecular flexibility index (Phi) is 5.54. The number of nitrogens with one attached hydrogen (secondary N) is 2. The third-order valence-corrected chi connectivity index (χ3v) is 2.84. The lowest BCUT2D eigenvalue weighted by molar-refractivity contribution is -0.135. The smallest absolute Gasteiger partial charge is 0.323 e. The highest BCUT2D eigenvalue weighted by Gasteiger charge is 2.18. The maximum Gasteiger partial charge on any atom is 0.323 e. The topological polar surface area (TPSA) is 78.4 Å². The van der Waals surface area contributed by atoms with Gasteiger partial charge in [-0.1, -0.05) is 32.4 Å². The molecular weight excluding hydrogens is 299 g/mol. The number of halogens is 2. The van der Waals surface area contributed by atoms with Gasteiger partial charge in [0.15, 0.2) is 0 Å². The number of carbonyl (C=O) groups is 2. The molecule has 0 bridgehead atoms. The Balaban J connectivity index is 2.83. The SMILES string of the molecule is CC(C)(C)Cc1c(F)cc(NC(=O)NCC(=O)O)cc1Cl. The van der Waals surface area contributed by atoms with Crippen molar-refractivity contribution in [3.8, 4) is 0 Å². The molecule has 0 aliphatic carbocycles. The number of carbonyl (C=O) groups excluding carboxylic acids is 1. The predicted octanol–water partition coefficient (Wildman–Crippen LogP) is 3.27. The monoisotopic (exact) mass is 316 g/mol. The Labute approximate surface area is 127 Å². The number of rotatable bonds is 4. The van der Waals surface area contributed by atoms with Crippen LogP contribution < -0.4 is 10.6 Å². The molecule has 0 spiro atoms. The van der Waals surface area contributed by atoms with Crippen LogP contribution in [0.25, 0.3) is 0 Å². The second kappa shape index (κ2) is 6.76. The number of carboxylic acids is 1. The zero-order valence-corrected chi connectivity index (χ0v) is 12.8. The van der Waals surface area contributed by atoms with Crippen LogP contribution in [0.4, 0.5) is 14.9 Å². The molecule has 0 saturated heterocycles. The van der Waals surface area contributed by atoms with Gasteiger partial charge in [0.2, 0.25) is 0 Å². The van der Waals surface area contributed by atoms with E-state index < -0.39 is 24.4 Å². The quantitative estimate of drug-likeness (QED) is 0.797. The normalized spacial score (nSPS) is 11.1. The fourth-order valence-electron chi connectivity index (χ4n) is 1.71. The van der Waals surface area contributed by atoms with Crippen LogP contribution >= 0.6 is 11.6 Å². The van der Waals surface area contributed by atoms with E-state index in [1.807, 2.05) is 20.8 Å². The Bertz CT molecular complexity index is 533. The number of hydrogen-bond acceptors (Lipinski definition) is 2. The summed E-state index contributed by atoms with van der Waals surface area (Å²) in [5, 5.41) is 13.1. The van der Waals surface area contributed by atoms with Gasteiger partial charge in [-0.15, -0.1) is 0 Å². The van der Waals surface area contributed by atoms with Crippen LogP contribution in [0.1, 0.15) is 26.3 Å². The van der Waals surface area contributed by atoms with Crippen molar-refractivity contribution in [2.24, 2.45) is 5.41 Å². The maximum atomic E-state index is 14.1. The molecule has 1 aromatic rings. The van der Waals surface area contributed by atoms with Gasteiger partial charge in [-0.25, -0.2) is 9.18 Å². The molecule has 3 N–H and O–H groups in total. The lowest BCUT2D eigenvalue weighted by atomic mass is 9.88. The third-order valence-electron chi connectivity index (χ3n) is 2.51. The molecule has 21 heavy (non-hydrogen) atoms. The predicted molar refractivity (Wildman–Crippen MR) is 79.2 cm³/mol. The standard InChI is InChI=1S/C14H18ClFN2O3/c1-14(2,3)6-9-10(15)4-8(5-11(9)16)18-13(21)17-7-12(19)20/h4-5H,6-7H2,1-3H3,(H,19,20)(H2,17,18,21). The molecule has 5 nitrogen and oxygen atoms in total. The largest absolute Gasteiger partial charge is 0.480 e. The molecule has 0 aromatic heterocycles. The molecular formula is C14H18ClFN2O3. The average Bonchev–Trinajstić information content (AvgIpc) is 2.30. The first kappa shape index (κ1) is 17.2. The minimum absolute atomic E-state index is 0.127. The summed E-state index contributed by atoms with van der Waals surface area (Å²) in [6, 6.07) is 1.86. The average molecular weight is 317 g/mol. The molecule has 0 unspecified atom stereocenters. The minimum Gasteiger partial charge on any atom is -0.480 e. The van der Waals surface area contributed by atoms with Crippen molar-refractivity contribution in [3.63, 3.8) is 0 Å². The highest BCUT2D eigenvalue weighted by Crippen LogP contribution is 2.30. The first-order valence-electron chi connectivity index (χ1n) is 6.33. The van der Waals surface area contributed by atoms with Crippen LogP contribution in [0.15, 0.2) is 12.1 Å². The van der Waals surface area contributed by atoms with E-state index in [2.05, 4.69) is 10.6 Å². The Morgan fingerprint density at radius 2 is 1.95 bits per heavy atom. The number of amides is 2. The van der Waals surface area contributed by atoms with E-state index in [1.54, 1.807) is 0 Å². The van der Waals surface area contributed by atoms with Gasteiger partial charge in [0.25, 0.3) is 0 Å². The molecule has 0 fully saturated rings. The van der Waals surface area contributed by atoms with Gasteiger partial charge < -0.3 is 15.7 Å². The number of anilines is 1. The fraction of sp³-hybridized carbons (Fsp3) is 0.429. The number of urea groups is 1. The molecule has 116 valence electrons. The molecule has 0 radical (unpaired) electrons. The van der Waals surface area contributed by atoms with Crippen LogP contribution in [0.5, 0.6) is 0 Å². The van der Waals surface area contributed by atoms with Crippen LogP contribution in [-0.2, 0) is 11.2 Å². The summed E-state index contributed by atoms with van der Waals surface area (Å²) in [4.78, 5) is 21.7. The van der Waals surface area contributed by atoms with Crippen LogP contribution in [0.3, 0.4) is 0 Å². The molecule has 1 aromatic carbocycles. The summed E-state index contributed by atoms with van der Waals surface area (Å²) in [5.41, 5.74) is 0.428. The van der Waals surface area contributed by atoms with E-state index in [0.29, 0.717) is 12.0 Å². The zero-order chi connectivity index (χ0) is 16.2. The number of carboxylic acid groups (broad SMARTS) is 1. The first-order chi connectivity index (χ1) is 9.58. The molecule has 0 aliphatic rings. The van der Waals surface area contributed by atoms with E-state index in [4.69, 9.17) is 16.7 Å². The van der Waals surface area contributed by atoms with Crippen molar-refractivity contribution < 1.29 is 19.1 Å². The van der Waals surface area contributed by atoms with Crippen molar-refractivity contribution in [2.45, 2.75) is 27.2 Å². The van der Waals surface area contributed by atoms with Crippen molar-refractivity contribution in [1.29, 1.82) is 0 Å². The van der Waals surface area contributed by atoms with Crippen molar-refractivity contribution in [2.75, 3.05) is 11.9 Å². The Hall–Kier alpha value is -1.82. The lowest BCUT2D eigenvalue weighted by Gasteiger charge is -2.20. The van der Waals surface area contributed by atoms with Gasteiger partial charge in [-0.3, -0.25) is 4.79 Å². The molecule has 0 atom stereocenters. The summed E-state index contributed by atoms with van der Waals surface area (Å²) in [6.07, 6.45) is 0.461. The van der Waals surface area contributed by atoms with Gasteiger partial charge in [0.05, 0.1) is 0 Å². The highest BCUT2D eigenvalue weighted by molar-refractivity contribution is 6.31. The second-order valence-electron chi connectivity index (χ2n) is 5.86. The van der Waals surface area contributed by atoms with Gasteiger partial charge in [-0.2, -0.15) is 0 Å². The lowest BCUT2D eigenvalue weighted by Crippen LogP contribution is -2.33. The molecule has 0 saturated carbocycles. The molecule has 1 rings (SSSR count). The van der Waals surface area contributed by atoms with Gasteiger partial charge in [0, 0.05) is 16.3 Å². The highest BCUT2D eigenvalue weighted by atomic mass is 35.5. The number of benzene rings is 1. The summed E-state index contributed by atoms with van der Waals surface area (Å²) in [7, 11) is 0. The Morgan fingerprint density at radius 3 is 2.43 bits per heavy atom. The molecule has 0 aliphatic heterocycles. The number of aliphatic carboxylic acids is 1. The fourth-order valence-corrected chi connectivity index (χ4v) is 1.98. The van der Waals surface area contributed by atoms with Crippen molar-refractivity contribution in [1.82, 2.24) is 5.32 Å². The van der Waals surface area contributed by atoms with E-state index in [9.17, 15) is 14.0 Å². The molecule has 7 heteroatoms. The molecule has 0 heterocycles. The van der Waals surface area contributed by atoms with Gasteiger partial charge in [0.1, 0.15) is 12.4 Å². The van der Waals surface area contributed by atoms with E-state index in [1.165, 1.54) is 6.07 Å². The summed E-state index contributed by atoms with van der Waals surface area (Å²) >= 11 is 6.05. The summed E-state index contributed by atoms with van der Waals surface area (Å²) < 4.78 is 14.1.